The van der Waals surface area contributed by atoms with Gasteiger partial charge in [-0.2, -0.15) is 0 Å². The minimum Gasteiger partial charge on any atom is -0.508 e. The average Bonchev–Trinajstić information content (AvgIpc) is 2.99. The normalized spacial score (nSPS) is 24.8. The van der Waals surface area contributed by atoms with Crippen LogP contribution in [0.15, 0.2) is 36.4 Å². The Kier molecular flexibility index (Phi) is 12.2. The maximum atomic E-state index is 12.8. The Morgan fingerprint density at radius 3 is 2.23 bits per heavy atom. The van der Waals surface area contributed by atoms with Crippen molar-refractivity contribution in [3.05, 3.63) is 47.5 Å². The molecule has 6 atom stereocenters. The first kappa shape index (κ1) is 33.5. The molecule has 0 saturated carbocycles. The molecular formula is C33H44O11. The molecule has 2 aliphatic heterocycles. The molecule has 0 unspecified atom stereocenters. The number of Topliss-reactive ketones (excluding diaryl/α,β-unsaturated/α-hetero) is 1. The first-order chi connectivity index (χ1) is 21.2. The van der Waals surface area contributed by atoms with Crippen LogP contribution in [0.25, 0.3) is 0 Å². The standard InChI is InChI=1S/C33H44O11/c1-2-3-4-5-6-7-8-9-10-11-28(37)41-19-27-30(38)31(39)32(40)33(44-27)42-22-16-23(35)29-24(36)18-25(43-26(29)17-22)20-12-14-21(34)15-13-20/h12-17,25,27,30-35,38-40H,2-11,18-19H2,1H3/t25-,27+,30+,31-,32+,33-/m0/s1. The lowest BCUT2D eigenvalue weighted by molar-refractivity contribution is -0.278. The molecule has 2 aromatic rings. The lowest BCUT2D eigenvalue weighted by Crippen LogP contribution is -2.60. The maximum Gasteiger partial charge on any atom is 0.305 e. The smallest absolute Gasteiger partial charge is 0.305 e. The first-order valence-electron chi connectivity index (χ1n) is 15.6. The van der Waals surface area contributed by atoms with E-state index in [0.29, 0.717) is 12.0 Å². The molecule has 11 heteroatoms. The summed E-state index contributed by atoms with van der Waals surface area (Å²) in [6.07, 6.45) is 1.96. The number of ether oxygens (including phenoxy) is 4. The zero-order valence-corrected chi connectivity index (χ0v) is 25.1. The molecule has 5 N–H and O–H groups in total. The monoisotopic (exact) mass is 616 g/mol. The van der Waals surface area contributed by atoms with Gasteiger partial charge in [-0.3, -0.25) is 9.59 Å². The van der Waals surface area contributed by atoms with Gasteiger partial charge in [-0.05, 0) is 24.1 Å². The third kappa shape index (κ3) is 8.84. The molecule has 0 aliphatic carbocycles. The molecule has 4 rings (SSSR count). The zero-order valence-electron chi connectivity index (χ0n) is 25.1. The molecule has 0 amide bonds. The highest BCUT2D eigenvalue weighted by molar-refractivity contribution is 6.02. The van der Waals surface area contributed by atoms with Gasteiger partial charge in [0.05, 0.1) is 6.42 Å². The van der Waals surface area contributed by atoms with Crippen molar-refractivity contribution < 1.29 is 54.1 Å². The fraction of sp³-hybridized carbons (Fsp3) is 0.576. The van der Waals surface area contributed by atoms with Crippen molar-refractivity contribution in [2.75, 3.05) is 6.61 Å². The number of aliphatic hydroxyl groups excluding tert-OH is 3. The van der Waals surface area contributed by atoms with E-state index in [4.69, 9.17) is 18.9 Å². The van der Waals surface area contributed by atoms with Gasteiger partial charge in [0.1, 0.15) is 65.7 Å². The fourth-order valence-corrected chi connectivity index (χ4v) is 5.47. The molecule has 11 nitrogen and oxygen atoms in total. The quantitative estimate of drug-likeness (QED) is 0.141. The van der Waals surface area contributed by atoms with Gasteiger partial charge in [0.15, 0.2) is 5.78 Å². The Bertz CT molecular complexity index is 1230. The van der Waals surface area contributed by atoms with Crippen molar-refractivity contribution in [2.24, 2.45) is 0 Å². The van der Waals surface area contributed by atoms with Crippen LogP contribution < -0.4 is 9.47 Å². The highest BCUT2D eigenvalue weighted by Crippen LogP contribution is 2.42. The van der Waals surface area contributed by atoms with E-state index in [9.17, 15) is 35.1 Å². The van der Waals surface area contributed by atoms with E-state index < -0.39 is 48.5 Å². The molecule has 2 aliphatic rings. The number of carbonyl (C=O) groups excluding carboxylic acids is 2. The van der Waals surface area contributed by atoms with Crippen LogP contribution in [0.5, 0.6) is 23.0 Å². The van der Waals surface area contributed by atoms with Crippen molar-refractivity contribution in [3.63, 3.8) is 0 Å². The summed E-state index contributed by atoms with van der Waals surface area (Å²) in [4.78, 5) is 25.1. The van der Waals surface area contributed by atoms with E-state index in [1.165, 1.54) is 50.3 Å². The van der Waals surface area contributed by atoms with Gasteiger partial charge in [-0.1, -0.05) is 70.4 Å². The number of phenolic OH excluding ortho intramolecular Hbond substituents is 2. The van der Waals surface area contributed by atoms with Crippen LogP contribution in [-0.4, -0.2) is 74.6 Å². The number of unbranched alkanes of at least 4 members (excludes halogenated alkanes) is 8. The second-order valence-corrected chi connectivity index (χ2v) is 11.5. The minimum absolute atomic E-state index is 0.0234. The molecular weight excluding hydrogens is 572 g/mol. The Hall–Kier alpha value is -3.38. The van der Waals surface area contributed by atoms with E-state index in [1.807, 2.05) is 0 Å². The SMILES string of the molecule is CCCCCCCCCCCC(=O)OC[C@H]1O[C@H](Oc2cc(O)c3c(c2)O[C@H](c2ccc(O)cc2)CC3=O)[C@H](O)[C@@H](O)[C@@H]1O. The van der Waals surface area contributed by atoms with Gasteiger partial charge >= 0.3 is 5.97 Å². The third-order valence-corrected chi connectivity index (χ3v) is 8.05. The summed E-state index contributed by atoms with van der Waals surface area (Å²) in [5.41, 5.74) is 0.621. The first-order valence-corrected chi connectivity index (χ1v) is 15.6. The summed E-state index contributed by atoms with van der Waals surface area (Å²) in [6, 6.07) is 8.72. The number of hydrogen-bond acceptors (Lipinski definition) is 11. The molecule has 1 saturated heterocycles. The van der Waals surface area contributed by atoms with Gasteiger partial charge in [-0.15, -0.1) is 0 Å². The minimum atomic E-state index is -1.68. The van der Waals surface area contributed by atoms with Crippen LogP contribution in [0.4, 0.5) is 0 Å². The van der Waals surface area contributed by atoms with Gasteiger partial charge in [-0.25, -0.2) is 0 Å². The van der Waals surface area contributed by atoms with Crippen LogP contribution in [0.1, 0.15) is 99.6 Å². The highest BCUT2D eigenvalue weighted by Gasteiger charge is 2.45. The number of esters is 1. The van der Waals surface area contributed by atoms with E-state index in [-0.39, 0.29) is 48.0 Å². The average molecular weight is 617 g/mol. The van der Waals surface area contributed by atoms with E-state index in [2.05, 4.69) is 6.92 Å². The van der Waals surface area contributed by atoms with Gasteiger partial charge < -0.3 is 44.5 Å². The predicted molar refractivity (Wildman–Crippen MR) is 159 cm³/mol. The van der Waals surface area contributed by atoms with Crippen LogP contribution in [0, 0.1) is 0 Å². The number of fused-ring (bicyclic) bond motifs is 1. The summed E-state index contributed by atoms with van der Waals surface area (Å²) >= 11 is 0. The molecule has 0 radical (unpaired) electrons. The molecule has 0 bridgehead atoms. The van der Waals surface area contributed by atoms with Crippen LogP contribution in [0.2, 0.25) is 0 Å². The largest absolute Gasteiger partial charge is 0.508 e. The number of carbonyl (C=O) groups is 2. The van der Waals surface area contributed by atoms with E-state index >= 15 is 0 Å². The maximum absolute atomic E-state index is 12.8. The lowest BCUT2D eigenvalue weighted by atomic mass is 9.95. The Labute approximate surface area is 257 Å². The fourth-order valence-electron chi connectivity index (χ4n) is 5.47. The lowest BCUT2D eigenvalue weighted by Gasteiger charge is -2.40. The number of ketones is 1. The van der Waals surface area contributed by atoms with Crippen molar-refractivity contribution >= 4 is 11.8 Å². The summed E-state index contributed by atoms with van der Waals surface area (Å²) in [7, 11) is 0. The summed E-state index contributed by atoms with van der Waals surface area (Å²) in [6.45, 7) is 1.83. The summed E-state index contributed by atoms with van der Waals surface area (Å²) in [5.74, 6) is -1.14. The number of phenols is 2. The van der Waals surface area contributed by atoms with Crippen LogP contribution in [0.3, 0.4) is 0 Å². The molecule has 44 heavy (non-hydrogen) atoms. The molecule has 0 aromatic heterocycles. The van der Waals surface area contributed by atoms with Crippen molar-refractivity contribution in [2.45, 2.75) is 114 Å². The third-order valence-electron chi connectivity index (χ3n) is 8.05. The second-order valence-electron chi connectivity index (χ2n) is 11.5. The zero-order chi connectivity index (χ0) is 31.6. The summed E-state index contributed by atoms with van der Waals surface area (Å²) < 4.78 is 22.7. The van der Waals surface area contributed by atoms with Crippen molar-refractivity contribution in [1.82, 2.24) is 0 Å². The number of rotatable bonds is 15. The highest BCUT2D eigenvalue weighted by atomic mass is 16.7. The molecule has 0 spiro atoms. The molecule has 2 heterocycles. The summed E-state index contributed by atoms with van der Waals surface area (Å²) in [5, 5.41) is 51.6. The molecule has 1 fully saturated rings. The topological polar surface area (TPSA) is 172 Å². The number of aliphatic hydroxyl groups is 3. The van der Waals surface area contributed by atoms with E-state index in [0.717, 1.165) is 25.3 Å². The van der Waals surface area contributed by atoms with Crippen LogP contribution in [-0.2, 0) is 14.3 Å². The second kappa shape index (κ2) is 16.1. The Morgan fingerprint density at radius 2 is 1.55 bits per heavy atom. The van der Waals surface area contributed by atoms with E-state index in [1.54, 1.807) is 12.1 Å². The van der Waals surface area contributed by atoms with Gasteiger partial charge in [0.25, 0.3) is 0 Å². The van der Waals surface area contributed by atoms with Crippen LogP contribution >= 0.6 is 0 Å². The van der Waals surface area contributed by atoms with Gasteiger partial charge in [0.2, 0.25) is 6.29 Å². The number of benzene rings is 2. The number of aromatic hydroxyl groups is 2. The molecule has 2 aromatic carbocycles. The Balaban J connectivity index is 1.30. The van der Waals surface area contributed by atoms with Crippen molar-refractivity contribution in [3.8, 4) is 23.0 Å². The molecule has 242 valence electrons. The Morgan fingerprint density at radius 1 is 0.886 bits per heavy atom. The predicted octanol–water partition coefficient (Wildman–Crippen LogP) is 4.45. The number of hydrogen-bond donors (Lipinski definition) is 5. The van der Waals surface area contributed by atoms with Crippen molar-refractivity contribution in [1.29, 1.82) is 0 Å². The van der Waals surface area contributed by atoms with Gasteiger partial charge in [0, 0.05) is 18.6 Å².